The minimum Gasteiger partial charge on any atom is -0.388 e. The van der Waals surface area contributed by atoms with E-state index in [1.807, 2.05) is 65.3 Å². The molecule has 39 heavy (non-hydrogen) atoms. The van der Waals surface area contributed by atoms with Crippen molar-refractivity contribution in [2.75, 3.05) is 32.6 Å². The summed E-state index contributed by atoms with van der Waals surface area (Å²) in [5.41, 5.74) is 10.3. The number of allylic oxidation sites excluding steroid dienone is 4. The molecule has 0 amide bonds. The average Bonchev–Trinajstić information content (AvgIpc) is 3.20. The van der Waals surface area contributed by atoms with Gasteiger partial charge in [0, 0.05) is 66.7 Å². The van der Waals surface area contributed by atoms with Gasteiger partial charge >= 0.3 is 0 Å². The van der Waals surface area contributed by atoms with Crippen LogP contribution in [0.15, 0.2) is 103 Å². The summed E-state index contributed by atoms with van der Waals surface area (Å²) < 4.78 is 13.6. The highest BCUT2D eigenvalue weighted by Gasteiger charge is 2.19. The minimum absolute atomic E-state index is 0.267. The molecule has 1 aliphatic heterocycles. The maximum Gasteiger partial charge on any atom is 0.123 e. The molecule has 0 fully saturated rings. The third-order valence-corrected chi connectivity index (χ3v) is 6.33. The molecule has 0 saturated heterocycles. The number of H-pyrrole nitrogens is 1. The largest absolute Gasteiger partial charge is 0.388 e. The highest BCUT2D eigenvalue weighted by molar-refractivity contribution is 6.11. The fourth-order valence-corrected chi connectivity index (χ4v) is 4.31. The Hall–Kier alpha value is -4.45. The molecule has 3 heterocycles. The molecule has 0 unspecified atom stereocenters. The van der Waals surface area contributed by atoms with Crippen LogP contribution in [0.3, 0.4) is 0 Å². The predicted molar refractivity (Wildman–Crippen MR) is 165 cm³/mol. The van der Waals surface area contributed by atoms with E-state index >= 15 is 0 Å². The fraction of sp³-hybridized carbons (Fsp3) is 0.212. The minimum atomic E-state index is -0.267. The van der Waals surface area contributed by atoms with Gasteiger partial charge in [0.15, 0.2) is 0 Å². The summed E-state index contributed by atoms with van der Waals surface area (Å²) in [6, 6.07) is 10.7. The van der Waals surface area contributed by atoms with Crippen LogP contribution in [-0.4, -0.2) is 43.4 Å². The average molecular weight is 524 g/mol. The number of hydrogen-bond acceptors (Lipinski definition) is 4. The van der Waals surface area contributed by atoms with Gasteiger partial charge in [-0.2, -0.15) is 0 Å². The Kier molecular flexibility index (Phi) is 9.98. The van der Waals surface area contributed by atoms with Crippen molar-refractivity contribution >= 4 is 22.5 Å². The summed E-state index contributed by atoms with van der Waals surface area (Å²) in [5, 5.41) is 3.30. The number of aliphatic imine (C=N–C) groups is 1. The third kappa shape index (κ3) is 6.71. The van der Waals surface area contributed by atoms with E-state index in [9.17, 15) is 4.39 Å². The Bertz CT molecular complexity index is 1450. The normalized spacial score (nSPS) is 13.2. The summed E-state index contributed by atoms with van der Waals surface area (Å²) in [5.74, 6) is -0.267. The smallest absolute Gasteiger partial charge is 0.123 e. The molecule has 2 N–H and O–H groups in total. The Morgan fingerprint density at radius 2 is 1.85 bits per heavy atom. The SMILES string of the molecule is C=C/C=C(/c1ccc(F)cc1)c1cc(C(=C)C2=CC(c3cncc(N(C)C)c3)=NCC=C2NC)[nH]c1C.CC. The van der Waals surface area contributed by atoms with Crippen LogP contribution in [0.1, 0.15) is 41.9 Å². The topological polar surface area (TPSA) is 56.3 Å². The van der Waals surface area contributed by atoms with Crippen molar-refractivity contribution in [2.45, 2.75) is 20.8 Å². The molecule has 0 radical (unpaired) electrons. The summed E-state index contributed by atoms with van der Waals surface area (Å²) in [7, 11) is 5.88. The molecule has 2 aromatic heterocycles. The van der Waals surface area contributed by atoms with Gasteiger partial charge in [0.2, 0.25) is 0 Å². The van der Waals surface area contributed by atoms with Gasteiger partial charge in [-0.15, -0.1) is 0 Å². The van der Waals surface area contributed by atoms with E-state index in [0.717, 1.165) is 61.9 Å². The van der Waals surface area contributed by atoms with E-state index in [4.69, 9.17) is 4.99 Å². The number of halogens is 1. The molecular weight excluding hydrogens is 485 g/mol. The number of aromatic nitrogens is 2. The van der Waals surface area contributed by atoms with E-state index in [-0.39, 0.29) is 5.82 Å². The third-order valence-electron chi connectivity index (χ3n) is 6.33. The van der Waals surface area contributed by atoms with Gasteiger partial charge in [-0.05, 0) is 54.5 Å². The predicted octanol–water partition coefficient (Wildman–Crippen LogP) is 7.11. The van der Waals surface area contributed by atoms with Crippen molar-refractivity contribution in [1.82, 2.24) is 15.3 Å². The van der Waals surface area contributed by atoms with Crippen LogP contribution in [-0.2, 0) is 0 Å². The lowest BCUT2D eigenvalue weighted by molar-refractivity contribution is 0.627. The van der Waals surface area contributed by atoms with Gasteiger partial charge < -0.3 is 15.2 Å². The van der Waals surface area contributed by atoms with Crippen LogP contribution in [0.25, 0.3) is 11.1 Å². The highest BCUT2D eigenvalue weighted by Crippen LogP contribution is 2.33. The van der Waals surface area contributed by atoms with Crippen LogP contribution in [0.4, 0.5) is 10.1 Å². The van der Waals surface area contributed by atoms with Crippen LogP contribution in [0, 0.1) is 12.7 Å². The summed E-state index contributed by atoms with van der Waals surface area (Å²) in [4.78, 5) is 14.7. The number of likely N-dealkylation sites (N-methyl/N-ethyl adjacent to an activating group) is 1. The lowest BCUT2D eigenvalue weighted by Crippen LogP contribution is -2.12. The number of aromatic amines is 1. The van der Waals surface area contributed by atoms with E-state index < -0.39 is 0 Å². The van der Waals surface area contributed by atoms with Gasteiger partial charge in [0.25, 0.3) is 0 Å². The Balaban J connectivity index is 0.00000205. The molecule has 3 aromatic rings. The zero-order valence-corrected chi connectivity index (χ0v) is 23.8. The molecule has 0 bridgehead atoms. The van der Waals surface area contributed by atoms with Gasteiger partial charge in [0.05, 0.1) is 24.1 Å². The second-order valence-corrected chi connectivity index (χ2v) is 9.00. The number of nitrogens with zero attached hydrogens (tertiary/aromatic N) is 3. The molecule has 202 valence electrons. The Morgan fingerprint density at radius 1 is 1.13 bits per heavy atom. The number of aryl methyl sites for hydroxylation is 1. The number of anilines is 1. The first-order valence-corrected chi connectivity index (χ1v) is 13.1. The van der Waals surface area contributed by atoms with E-state index in [1.165, 1.54) is 12.1 Å². The number of hydrogen-bond donors (Lipinski definition) is 2. The second-order valence-electron chi connectivity index (χ2n) is 9.00. The molecule has 5 nitrogen and oxygen atoms in total. The van der Waals surface area contributed by atoms with Crippen LogP contribution in [0.2, 0.25) is 0 Å². The van der Waals surface area contributed by atoms with E-state index in [0.29, 0.717) is 6.54 Å². The van der Waals surface area contributed by atoms with Crippen LogP contribution in [0.5, 0.6) is 0 Å². The van der Waals surface area contributed by atoms with Crippen LogP contribution >= 0.6 is 0 Å². The van der Waals surface area contributed by atoms with Crippen molar-refractivity contribution in [1.29, 1.82) is 0 Å². The lowest BCUT2D eigenvalue weighted by atomic mass is 9.95. The van der Waals surface area contributed by atoms with Gasteiger partial charge in [-0.3, -0.25) is 9.98 Å². The second kappa shape index (κ2) is 13.4. The van der Waals surface area contributed by atoms with Crippen molar-refractivity contribution < 1.29 is 4.39 Å². The summed E-state index contributed by atoms with van der Waals surface area (Å²) in [6.07, 6.45) is 11.5. The van der Waals surface area contributed by atoms with E-state index in [2.05, 4.69) is 52.7 Å². The number of nitrogens with one attached hydrogen (secondary N) is 2. The molecule has 0 atom stereocenters. The first-order valence-electron chi connectivity index (χ1n) is 13.1. The van der Waals surface area contributed by atoms with Crippen molar-refractivity contribution in [2.24, 2.45) is 4.99 Å². The quantitative estimate of drug-likeness (QED) is 0.309. The molecule has 4 rings (SSSR count). The molecule has 1 aromatic carbocycles. The number of rotatable bonds is 8. The Labute approximate surface area is 231 Å². The molecule has 1 aliphatic rings. The summed E-state index contributed by atoms with van der Waals surface area (Å²) in [6.45, 7) is 14.9. The number of benzene rings is 1. The fourth-order valence-electron chi connectivity index (χ4n) is 4.31. The zero-order valence-electron chi connectivity index (χ0n) is 23.8. The van der Waals surface area contributed by atoms with Crippen molar-refractivity contribution in [3.63, 3.8) is 0 Å². The van der Waals surface area contributed by atoms with Crippen molar-refractivity contribution in [3.8, 4) is 0 Å². The van der Waals surface area contributed by atoms with Gasteiger partial charge in [0.1, 0.15) is 5.82 Å². The molecule has 0 spiro atoms. The number of pyridine rings is 1. The molecule has 0 aliphatic carbocycles. The first-order chi connectivity index (χ1) is 18.8. The molecule has 0 saturated carbocycles. The van der Waals surface area contributed by atoms with Crippen molar-refractivity contribution in [3.05, 3.63) is 131 Å². The Morgan fingerprint density at radius 3 is 2.49 bits per heavy atom. The molecule has 6 heteroatoms. The van der Waals surface area contributed by atoms with Crippen LogP contribution < -0.4 is 10.2 Å². The summed E-state index contributed by atoms with van der Waals surface area (Å²) >= 11 is 0. The van der Waals surface area contributed by atoms with E-state index in [1.54, 1.807) is 18.2 Å². The maximum atomic E-state index is 13.6. The maximum absolute atomic E-state index is 13.6. The molecular formula is C33H38FN5. The lowest BCUT2D eigenvalue weighted by Gasteiger charge is -2.15. The zero-order chi connectivity index (χ0) is 28.5. The monoisotopic (exact) mass is 523 g/mol. The first kappa shape index (κ1) is 29.1. The van der Waals surface area contributed by atoms with Gasteiger partial charge in [-0.1, -0.05) is 51.3 Å². The van der Waals surface area contributed by atoms with Gasteiger partial charge in [-0.25, -0.2) is 4.39 Å². The standard InChI is InChI=1S/C31H32FN5.C2H6/c1-7-8-26(22-9-11-24(32)12-10-22)28-17-30(36-21(28)3)20(2)27-16-31(35-14-13-29(27)33-4)23-15-25(37(5)6)19-34-18-23;1-2/h7-13,15-19,33,36H,1-2,14H2,3-6H3;1-2H3/b26-8-;. The highest BCUT2D eigenvalue weighted by atomic mass is 19.1.